The smallest absolute Gasteiger partial charge is 0.322 e. The van der Waals surface area contributed by atoms with Gasteiger partial charge in [0.25, 0.3) is 0 Å². The van der Waals surface area contributed by atoms with Gasteiger partial charge in [-0.15, -0.1) is 6.58 Å². The van der Waals surface area contributed by atoms with Crippen LogP contribution in [0.3, 0.4) is 0 Å². The monoisotopic (exact) mass is 439 g/mol. The molecule has 0 bridgehead atoms. The Hall–Kier alpha value is -1.86. The molecular formula is C20H26BrNO5. The van der Waals surface area contributed by atoms with Crippen LogP contribution in [0.4, 0.5) is 5.69 Å². The van der Waals surface area contributed by atoms with Gasteiger partial charge in [0.2, 0.25) is 5.91 Å². The molecule has 1 heterocycles. The molecule has 0 fully saturated rings. The molecule has 1 amide bonds. The number of carbonyl (C=O) groups excluding carboxylic acids is 2. The van der Waals surface area contributed by atoms with Gasteiger partial charge < -0.3 is 19.1 Å². The van der Waals surface area contributed by atoms with E-state index in [0.717, 1.165) is 11.3 Å². The Morgan fingerprint density at radius 3 is 2.70 bits per heavy atom. The van der Waals surface area contributed by atoms with E-state index in [2.05, 4.69) is 22.5 Å². The normalized spacial score (nSPS) is 21.6. The number of esters is 1. The topological polar surface area (TPSA) is 65.1 Å². The van der Waals surface area contributed by atoms with Crippen LogP contribution in [-0.2, 0) is 19.1 Å². The molecule has 6 nitrogen and oxygen atoms in total. The Bertz CT molecular complexity index is 708. The number of nitrogens with zero attached hydrogens (tertiary/aromatic N) is 1. The van der Waals surface area contributed by atoms with Gasteiger partial charge in [0.1, 0.15) is 5.75 Å². The van der Waals surface area contributed by atoms with Gasteiger partial charge in [-0.3, -0.25) is 9.59 Å². The molecule has 0 saturated heterocycles. The number of benzene rings is 1. The highest BCUT2D eigenvalue weighted by Gasteiger charge is 2.57. The van der Waals surface area contributed by atoms with Crippen LogP contribution in [0.1, 0.15) is 31.2 Å². The fourth-order valence-electron chi connectivity index (χ4n) is 3.73. The van der Waals surface area contributed by atoms with Crippen molar-refractivity contribution in [1.29, 1.82) is 0 Å². The van der Waals surface area contributed by atoms with Crippen LogP contribution in [0.25, 0.3) is 0 Å². The SMILES string of the molecule is C=C[C@H]1c2ccc(OCOC)cc2N(CC)C(=O)[C@@]1(CCCBr)C(=O)OC. The number of ether oxygens (including phenoxy) is 3. The highest BCUT2D eigenvalue weighted by atomic mass is 79.9. The molecule has 1 aromatic carbocycles. The molecular weight excluding hydrogens is 414 g/mol. The molecule has 0 spiro atoms. The number of hydrogen-bond acceptors (Lipinski definition) is 5. The molecule has 0 saturated carbocycles. The zero-order valence-electron chi connectivity index (χ0n) is 16.0. The molecule has 2 atom stereocenters. The van der Waals surface area contributed by atoms with Gasteiger partial charge in [-0.1, -0.05) is 28.1 Å². The number of amides is 1. The Morgan fingerprint density at radius 1 is 1.41 bits per heavy atom. The number of alkyl halides is 1. The van der Waals surface area contributed by atoms with E-state index in [1.807, 2.05) is 19.1 Å². The van der Waals surface area contributed by atoms with Gasteiger partial charge in [0.15, 0.2) is 12.2 Å². The van der Waals surface area contributed by atoms with Gasteiger partial charge in [-0.05, 0) is 31.4 Å². The molecule has 0 aliphatic carbocycles. The summed E-state index contributed by atoms with van der Waals surface area (Å²) in [4.78, 5) is 28.0. The summed E-state index contributed by atoms with van der Waals surface area (Å²) in [7, 11) is 2.86. The Morgan fingerprint density at radius 2 is 2.15 bits per heavy atom. The van der Waals surface area contributed by atoms with Crippen molar-refractivity contribution in [1.82, 2.24) is 0 Å². The molecule has 2 rings (SSSR count). The van der Waals surface area contributed by atoms with Crippen molar-refractivity contribution in [3.8, 4) is 5.75 Å². The minimum Gasteiger partial charge on any atom is -0.468 e. The first-order valence-corrected chi connectivity index (χ1v) is 9.98. The lowest BCUT2D eigenvalue weighted by Crippen LogP contribution is -2.55. The molecule has 1 aliphatic heterocycles. The highest BCUT2D eigenvalue weighted by molar-refractivity contribution is 9.09. The van der Waals surface area contributed by atoms with Crippen LogP contribution in [0.15, 0.2) is 30.9 Å². The molecule has 1 aromatic rings. The lowest BCUT2D eigenvalue weighted by Gasteiger charge is -2.45. The van der Waals surface area contributed by atoms with Crippen LogP contribution in [-0.4, -0.2) is 44.8 Å². The zero-order chi connectivity index (χ0) is 20.0. The maximum Gasteiger partial charge on any atom is 0.322 e. The first-order chi connectivity index (χ1) is 13.0. The average Bonchev–Trinajstić information content (AvgIpc) is 2.69. The van der Waals surface area contributed by atoms with Crippen LogP contribution >= 0.6 is 15.9 Å². The molecule has 7 heteroatoms. The van der Waals surface area contributed by atoms with Gasteiger partial charge in [0.05, 0.1) is 12.8 Å². The van der Waals surface area contributed by atoms with Crippen molar-refractivity contribution in [3.63, 3.8) is 0 Å². The standard InChI is InChI=1S/C20H26BrNO5/c1-5-16-15-9-8-14(27-13-25-3)12-17(15)22(6-2)18(23)20(16,10-7-11-21)19(24)26-4/h5,8-9,12,16H,1,6-7,10-11,13H2,2-4H3/t16-,20-/m0/s1. The van der Waals surface area contributed by atoms with Gasteiger partial charge >= 0.3 is 5.97 Å². The molecule has 0 aromatic heterocycles. The molecule has 0 unspecified atom stereocenters. The Balaban J connectivity index is 2.65. The number of halogens is 1. The number of hydrogen-bond donors (Lipinski definition) is 0. The van der Waals surface area contributed by atoms with Crippen molar-refractivity contribution in [2.45, 2.75) is 25.7 Å². The summed E-state index contributed by atoms with van der Waals surface area (Å²) in [5.74, 6) is -0.678. The summed E-state index contributed by atoms with van der Waals surface area (Å²) >= 11 is 3.40. The maximum atomic E-state index is 13.5. The van der Waals surface area contributed by atoms with Crippen molar-refractivity contribution in [3.05, 3.63) is 36.4 Å². The molecule has 148 valence electrons. The number of fused-ring (bicyclic) bond motifs is 1. The molecule has 0 N–H and O–H groups in total. The van der Waals surface area contributed by atoms with Crippen molar-refractivity contribution >= 4 is 33.5 Å². The minimum atomic E-state index is -1.32. The summed E-state index contributed by atoms with van der Waals surface area (Å²) < 4.78 is 15.6. The van der Waals surface area contributed by atoms with Crippen LogP contribution < -0.4 is 9.64 Å². The van der Waals surface area contributed by atoms with Gasteiger partial charge in [-0.2, -0.15) is 0 Å². The fraction of sp³-hybridized carbons (Fsp3) is 0.500. The number of allylic oxidation sites excluding steroid dienone is 1. The number of rotatable bonds is 9. The summed E-state index contributed by atoms with van der Waals surface area (Å²) in [6.07, 6.45) is 2.70. The third kappa shape index (κ3) is 3.75. The van der Waals surface area contributed by atoms with E-state index in [1.54, 1.807) is 24.2 Å². The summed E-state index contributed by atoms with van der Waals surface area (Å²) in [5.41, 5.74) is 0.262. The maximum absolute atomic E-state index is 13.5. The first-order valence-electron chi connectivity index (χ1n) is 8.86. The van der Waals surface area contributed by atoms with Gasteiger partial charge in [-0.25, -0.2) is 0 Å². The van der Waals surface area contributed by atoms with E-state index in [9.17, 15) is 9.59 Å². The second-order valence-corrected chi connectivity index (χ2v) is 7.08. The lowest BCUT2D eigenvalue weighted by molar-refractivity contribution is -0.160. The second kappa shape index (κ2) is 9.37. The van der Waals surface area contributed by atoms with E-state index in [4.69, 9.17) is 14.2 Å². The Kier molecular flexibility index (Phi) is 7.44. The van der Waals surface area contributed by atoms with Gasteiger partial charge in [0, 0.05) is 31.0 Å². The van der Waals surface area contributed by atoms with Crippen molar-refractivity contribution < 1.29 is 23.8 Å². The quantitative estimate of drug-likeness (QED) is 0.193. The average molecular weight is 440 g/mol. The first kappa shape index (κ1) is 21.4. The molecule has 27 heavy (non-hydrogen) atoms. The van der Waals surface area contributed by atoms with Crippen molar-refractivity contribution in [2.24, 2.45) is 5.41 Å². The van der Waals surface area contributed by atoms with E-state index in [0.29, 0.717) is 30.5 Å². The summed E-state index contributed by atoms with van der Waals surface area (Å²) in [6, 6.07) is 5.50. The zero-order valence-corrected chi connectivity index (χ0v) is 17.6. The van der Waals surface area contributed by atoms with Crippen molar-refractivity contribution in [2.75, 3.05) is 37.8 Å². The van der Waals surface area contributed by atoms with E-state index < -0.39 is 17.3 Å². The fourth-order valence-corrected chi connectivity index (χ4v) is 4.01. The predicted molar refractivity (Wildman–Crippen MR) is 107 cm³/mol. The van der Waals surface area contributed by atoms with E-state index in [-0.39, 0.29) is 12.7 Å². The molecule has 1 aliphatic rings. The molecule has 0 radical (unpaired) electrons. The third-order valence-electron chi connectivity index (χ3n) is 4.94. The summed E-state index contributed by atoms with van der Waals surface area (Å²) in [5, 5.41) is 0.686. The minimum absolute atomic E-state index is 0.112. The number of anilines is 1. The third-order valence-corrected chi connectivity index (χ3v) is 5.50. The largest absolute Gasteiger partial charge is 0.468 e. The van der Waals surface area contributed by atoms with E-state index in [1.165, 1.54) is 7.11 Å². The number of carbonyl (C=O) groups is 2. The highest BCUT2D eigenvalue weighted by Crippen LogP contribution is 2.51. The predicted octanol–water partition coefficient (Wildman–Crippen LogP) is 3.64. The summed E-state index contributed by atoms with van der Waals surface area (Å²) in [6.45, 7) is 6.34. The number of methoxy groups -OCH3 is 2. The van der Waals surface area contributed by atoms with Crippen LogP contribution in [0.2, 0.25) is 0 Å². The van der Waals surface area contributed by atoms with Crippen LogP contribution in [0, 0.1) is 5.41 Å². The van der Waals surface area contributed by atoms with E-state index >= 15 is 0 Å². The van der Waals surface area contributed by atoms with Crippen LogP contribution in [0.5, 0.6) is 5.75 Å². The Labute approximate surface area is 168 Å². The lowest BCUT2D eigenvalue weighted by atomic mass is 9.65. The second-order valence-electron chi connectivity index (χ2n) is 6.29.